The highest BCUT2D eigenvalue weighted by Crippen LogP contribution is 2.40. The van der Waals surface area contributed by atoms with Gasteiger partial charge in [0.25, 0.3) is 5.91 Å². The lowest BCUT2D eigenvalue weighted by atomic mass is 10.0. The van der Waals surface area contributed by atoms with E-state index in [0.717, 1.165) is 124 Å². The molecule has 3 saturated heterocycles. The van der Waals surface area contributed by atoms with Crippen molar-refractivity contribution < 1.29 is 14.4 Å². The van der Waals surface area contributed by atoms with Gasteiger partial charge in [-0.15, -0.1) is 5.10 Å². The van der Waals surface area contributed by atoms with Crippen molar-refractivity contribution >= 4 is 63.5 Å². The first-order chi connectivity index (χ1) is 29.8. The molecule has 5 aromatic rings. The Kier molecular flexibility index (Phi) is 10.7. The van der Waals surface area contributed by atoms with Crippen LogP contribution in [0.1, 0.15) is 60.1 Å². The van der Waals surface area contributed by atoms with Crippen molar-refractivity contribution in [3.63, 3.8) is 0 Å². The molecular formula is C45H51ClN12O3. The van der Waals surface area contributed by atoms with Crippen molar-refractivity contribution in [2.75, 3.05) is 73.3 Å². The average molecular weight is 843 g/mol. The Hall–Kier alpha value is -5.77. The Bertz CT molecular complexity index is 2470. The molecule has 2 aromatic carbocycles. The van der Waals surface area contributed by atoms with E-state index in [1.54, 1.807) is 10.7 Å². The summed E-state index contributed by atoms with van der Waals surface area (Å²) in [7, 11) is 1.86. The zero-order chi connectivity index (χ0) is 41.6. The summed E-state index contributed by atoms with van der Waals surface area (Å²) in [5.74, 6) is 0.0984. The number of piperidine rings is 2. The fraction of sp³-hybridized carbons (Fsp3) is 0.422. The molecule has 4 N–H and O–H groups in total. The number of hydrogen-bond donors (Lipinski definition) is 4. The molecule has 0 radical (unpaired) electrons. The van der Waals surface area contributed by atoms with Gasteiger partial charge in [0.1, 0.15) is 6.04 Å². The van der Waals surface area contributed by atoms with E-state index in [9.17, 15) is 14.4 Å². The first-order valence-electron chi connectivity index (χ1n) is 21.6. The lowest BCUT2D eigenvalue weighted by Gasteiger charge is -2.43. The summed E-state index contributed by atoms with van der Waals surface area (Å²) in [6, 6.07) is 19.0. The molecule has 7 heterocycles. The van der Waals surface area contributed by atoms with E-state index in [1.807, 2.05) is 37.5 Å². The predicted octanol–water partition coefficient (Wildman–Crippen LogP) is 5.08. The standard InChI is InChI=1S/C45H51ClN12O3/c1-47-37-24-41(53-58-40(26-49-43(37)58)45(61)51-29-6-7-29)57-18-15-33-32(3-2-4-38(33)57)35-9-5-28(25-48-35)27-54-16-13-31(14-17-54)55-19-21-56(22-20-55)39-11-8-30(23-34(39)46)50-36-10-12-42(59)52-44(36)60/h2-5,8-9,11,23-26,29,31,36,47,50H,6-7,10,12-22,27H2,1H3,(H,51,61)(H,52,59,60). The summed E-state index contributed by atoms with van der Waals surface area (Å²) in [5.41, 5.74) is 9.34. The monoisotopic (exact) mass is 842 g/mol. The fourth-order valence-electron chi connectivity index (χ4n) is 9.42. The van der Waals surface area contributed by atoms with Gasteiger partial charge in [0.15, 0.2) is 17.2 Å². The number of likely N-dealkylation sites (tertiary alicyclic amines) is 1. The molecule has 16 heteroatoms. The summed E-state index contributed by atoms with van der Waals surface area (Å²) in [6.45, 7) is 7.60. The molecule has 4 fully saturated rings. The molecule has 4 aliphatic heterocycles. The predicted molar refractivity (Wildman–Crippen MR) is 237 cm³/mol. The highest BCUT2D eigenvalue weighted by molar-refractivity contribution is 6.33. The minimum atomic E-state index is -0.437. The summed E-state index contributed by atoms with van der Waals surface area (Å²) in [5, 5.41) is 17.6. The van der Waals surface area contributed by atoms with Gasteiger partial charge in [-0.2, -0.15) is 0 Å². The number of pyridine rings is 1. The zero-order valence-electron chi connectivity index (χ0n) is 34.4. The average Bonchev–Trinajstić information content (AvgIpc) is 3.81. The highest BCUT2D eigenvalue weighted by atomic mass is 35.5. The van der Waals surface area contributed by atoms with E-state index < -0.39 is 6.04 Å². The van der Waals surface area contributed by atoms with Crippen LogP contribution in [0.5, 0.6) is 0 Å². The molecule has 1 aliphatic carbocycles. The maximum Gasteiger partial charge on any atom is 0.271 e. The Morgan fingerprint density at radius 3 is 2.44 bits per heavy atom. The van der Waals surface area contributed by atoms with Crippen LogP contribution >= 0.6 is 11.6 Å². The van der Waals surface area contributed by atoms with E-state index in [-0.39, 0.29) is 23.8 Å². The molecule has 15 nitrogen and oxygen atoms in total. The van der Waals surface area contributed by atoms with Gasteiger partial charge in [-0.25, -0.2) is 9.50 Å². The maximum absolute atomic E-state index is 13.0. The Morgan fingerprint density at radius 2 is 1.70 bits per heavy atom. The molecular weight excluding hydrogens is 792 g/mol. The number of imide groups is 1. The molecule has 5 aliphatic rings. The second-order valence-electron chi connectivity index (χ2n) is 16.9. The van der Waals surface area contributed by atoms with Crippen LogP contribution in [0.3, 0.4) is 0 Å². The minimum Gasteiger partial charge on any atom is -0.385 e. The van der Waals surface area contributed by atoms with Gasteiger partial charge in [-0.1, -0.05) is 29.8 Å². The van der Waals surface area contributed by atoms with Gasteiger partial charge in [-0.3, -0.25) is 34.5 Å². The molecule has 1 unspecified atom stereocenters. The van der Waals surface area contributed by atoms with Crippen molar-refractivity contribution in [3.05, 3.63) is 88.8 Å². The molecule has 3 amide bonds. The minimum absolute atomic E-state index is 0.147. The van der Waals surface area contributed by atoms with Gasteiger partial charge in [0.05, 0.1) is 28.3 Å². The highest BCUT2D eigenvalue weighted by Gasteiger charge is 2.31. The number of carbonyl (C=O) groups is 3. The van der Waals surface area contributed by atoms with Crippen LogP contribution in [-0.4, -0.2) is 118 Å². The summed E-state index contributed by atoms with van der Waals surface area (Å²) >= 11 is 6.76. The number of nitrogens with one attached hydrogen (secondary N) is 4. The molecule has 0 spiro atoms. The largest absolute Gasteiger partial charge is 0.385 e. The van der Waals surface area contributed by atoms with Crippen LogP contribution in [0.2, 0.25) is 5.02 Å². The third kappa shape index (κ3) is 8.09. The molecule has 61 heavy (non-hydrogen) atoms. The SMILES string of the molecule is CNc1cc(N2CCc3c(-c4ccc(CN5CCC(N6CCN(c7ccc(NC8CCC(=O)NC8=O)cc7Cl)CC6)CC5)cn4)cccc32)nn2c(C(=O)NC3CC3)cnc12. The van der Waals surface area contributed by atoms with Gasteiger partial charge in [-0.05, 0) is 93.1 Å². The number of anilines is 5. The van der Waals surface area contributed by atoms with Gasteiger partial charge >= 0.3 is 0 Å². The normalized spacial score (nSPS) is 20.2. The lowest BCUT2D eigenvalue weighted by molar-refractivity contribution is -0.133. The van der Waals surface area contributed by atoms with Crippen LogP contribution in [0.25, 0.3) is 16.9 Å². The Labute approximate surface area is 359 Å². The summed E-state index contributed by atoms with van der Waals surface area (Å²) in [6.07, 6.45) is 9.63. The zero-order valence-corrected chi connectivity index (χ0v) is 35.1. The molecule has 0 bridgehead atoms. The van der Waals surface area contributed by atoms with E-state index in [2.05, 4.69) is 76.2 Å². The molecule has 1 atom stereocenters. The Morgan fingerprint density at radius 1 is 0.869 bits per heavy atom. The van der Waals surface area contributed by atoms with E-state index in [1.165, 1.54) is 11.1 Å². The number of rotatable bonds is 11. The van der Waals surface area contributed by atoms with Crippen molar-refractivity contribution in [1.82, 2.24) is 40.0 Å². The topological polar surface area (TPSA) is 155 Å². The van der Waals surface area contributed by atoms with Gasteiger partial charge < -0.3 is 25.8 Å². The van der Waals surface area contributed by atoms with Crippen molar-refractivity contribution in [2.45, 2.75) is 69.6 Å². The van der Waals surface area contributed by atoms with Crippen LogP contribution in [0.15, 0.2) is 67.0 Å². The third-order valence-corrected chi connectivity index (χ3v) is 13.2. The van der Waals surface area contributed by atoms with E-state index in [4.69, 9.17) is 21.7 Å². The summed E-state index contributed by atoms with van der Waals surface area (Å²) < 4.78 is 1.66. The van der Waals surface area contributed by atoms with Crippen LogP contribution in [-0.2, 0) is 22.6 Å². The van der Waals surface area contributed by atoms with Crippen LogP contribution < -0.4 is 31.1 Å². The second kappa shape index (κ2) is 16.6. The van der Waals surface area contributed by atoms with E-state index in [0.29, 0.717) is 35.2 Å². The smallest absolute Gasteiger partial charge is 0.271 e. The number of carbonyl (C=O) groups excluding carboxylic acids is 3. The molecule has 316 valence electrons. The number of aromatic nitrogens is 4. The molecule has 3 aromatic heterocycles. The number of amides is 3. The van der Waals surface area contributed by atoms with Crippen molar-refractivity contribution in [2.24, 2.45) is 0 Å². The van der Waals surface area contributed by atoms with Gasteiger partial charge in [0.2, 0.25) is 11.8 Å². The van der Waals surface area contributed by atoms with Crippen LogP contribution in [0, 0.1) is 0 Å². The number of benzene rings is 2. The quantitative estimate of drug-likeness (QED) is 0.131. The van der Waals surface area contributed by atoms with Gasteiger partial charge in [0, 0.05) is 94.0 Å². The summed E-state index contributed by atoms with van der Waals surface area (Å²) in [4.78, 5) is 56.1. The number of piperazine rings is 1. The fourth-order valence-corrected chi connectivity index (χ4v) is 9.72. The third-order valence-electron chi connectivity index (χ3n) is 12.9. The first-order valence-corrected chi connectivity index (χ1v) is 22.0. The van der Waals surface area contributed by atoms with E-state index >= 15 is 0 Å². The number of hydrogen-bond acceptors (Lipinski definition) is 12. The van der Waals surface area contributed by atoms with Crippen molar-refractivity contribution in [3.8, 4) is 11.3 Å². The second-order valence-corrected chi connectivity index (χ2v) is 17.3. The first kappa shape index (κ1) is 39.4. The Balaban J connectivity index is 0.730. The number of imidazole rings is 1. The molecule has 1 saturated carbocycles. The van der Waals surface area contributed by atoms with Crippen molar-refractivity contribution in [1.29, 1.82) is 0 Å². The maximum atomic E-state index is 13.0. The number of halogens is 1. The number of fused-ring (bicyclic) bond motifs is 2. The van der Waals surface area contributed by atoms with Crippen LogP contribution in [0.4, 0.5) is 28.6 Å². The molecule has 10 rings (SSSR count). The lowest BCUT2D eigenvalue weighted by Crippen LogP contribution is -2.53. The number of nitrogens with zero attached hydrogens (tertiary/aromatic N) is 8.